The van der Waals surface area contributed by atoms with Gasteiger partial charge in [0, 0.05) is 23.0 Å². The van der Waals surface area contributed by atoms with E-state index in [-0.39, 0.29) is 5.41 Å². The minimum Gasteiger partial charge on any atom is -0.264 e. The molecular formula is C16H22BrN3O2S. The van der Waals surface area contributed by atoms with Gasteiger partial charge in [-0.1, -0.05) is 43.6 Å². The van der Waals surface area contributed by atoms with Crippen LogP contribution in [0.4, 0.5) is 5.82 Å². The van der Waals surface area contributed by atoms with Crippen molar-refractivity contribution in [2.24, 2.45) is 7.05 Å². The van der Waals surface area contributed by atoms with Crippen molar-refractivity contribution in [3.63, 3.8) is 0 Å². The summed E-state index contributed by atoms with van der Waals surface area (Å²) >= 11 is 3.38. The van der Waals surface area contributed by atoms with Gasteiger partial charge in [0.1, 0.15) is 5.82 Å². The number of hydrogen-bond donors (Lipinski definition) is 1. The molecule has 1 aromatic carbocycles. The summed E-state index contributed by atoms with van der Waals surface area (Å²) in [5, 5.41) is 4.40. The minimum absolute atomic E-state index is 0.145. The van der Waals surface area contributed by atoms with Crippen LogP contribution >= 0.6 is 15.9 Å². The van der Waals surface area contributed by atoms with Gasteiger partial charge in [0.25, 0.3) is 10.0 Å². The molecule has 23 heavy (non-hydrogen) atoms. The van der Waals surface area contributed by atoms with Crippen molar-refractivity contribution in [1.29, 1.82) is 0 Å². The van der Waals surface area contributed by atoms with Gasteiger partial charge in [-0.05, 0) is 30.2 Å². The minimum atomic E-state index is -3.66. The molecule has 1 N–H and O–H groups in total. The molecule has 0 amide bonds. The number of aromatic nitrogens is 2. The van der Waals surface area contributed by atoms with Crippen LogP contribution in [0.1, 0.15) is 39.0 Å². The maximum absolute atomic E-state index is 12.7. The van der Waals surface area contributed by atoms with Crippen LogP contribution in [0.25, 0.3) is 0 Å². The molecule has 0 saturated carbocycles. The monoisotopic (exact) mass is 399 g/mol. The van der Waals surface area contributed by atoms with Crippen molar-refractivity contribution < 1.29 is 8.42 Å². The van der Waals surface area contributed by atoms with Gasteiger partial charge in [-0.15, -0.1) is 0 Å². The quantitative estimate of drug-likeness (QED) is 0.848. The fraction of sp³-hybridized carbons (Fsp3) is 0.438. The molecule has 126 valence electrons. The van der Waals surface area contributed by atoms with Crippen molar-refractivity contribution in [3.8, 4) is 0 Å². The number of halogens is 1. The van der Waals surface area contributed by atoms with Crippen LogP contribution in [0.15, 0.2) is 33.6 Å². The fourth-order valence-corrected chi connectivity index (χ4v) is 3.99. The molecule has 2 rings (SSSR count). The second kappa shape index (κ2) is 6.28. The van der Waals surface area contributed by atoms with Gasteiger partial charge >= 0.3 is 0 Å². The summed E-state index contributed by atoms with van der Waals surface area (Å²) in [5.41, 5.74) is 1.46. The Labute approximate surface area is 146 Å². The molecule has 0 bridgehead atoms. The maximum atomic E-state index is 12.7. The Kier molecular flexibility index (Phi) is 4.92. The van der Waals surface area contributed by atoms with E-state index in [0.717, 1.165) is 15.7 Å². The number of anilines is 1. The van der Waals surface area contributed by atoms with Crippen LogP contribution in [0.2, 0.25) is 0 Å². The van der Waals surface area contributed by atoms with Crippen molar-refractivity contribution in [3.05, 3.63) is 40.0 Å². The lowest BCUT2D eigenvalue weighted by atomic mass is 9.92. The first-order chi connectivity index (χ1) is 10.5. The standard InChI is InChI=1S/C16H22BrN3O2S/c1-6-11-9-12(17)7-8-13(11)23(21,22)19-15-10-14(16(2,3)4)18-20(15)5/h7-10,19H,6H2,1-5H3. The third kappa shape index (κ3) is 3.95. The molecule has 1 heterocycles. The third-order valence-corrected chi connectivity index (χ3v) is 5.53. The summed E-state index contributed by atoms with van der Waals surface area (Å²) in [6, 6.07) is 6.96. The van der Waals surface area contributed by atoms with E-state index in [1.807, 2.05) is 33.8 Å². The SMILES string of the molecule is CCc1cc(Br)ccc1S(=O)(=O)Nc1cc(C(C)(C)C)nn1C. The summed E-state index contributed by atoms with van der Waals surface area (Å²) in [5.74, 6) is 0.458. The highest BCUT2D eigenvalue weighted by Crippen LogP contribution is 2.27. The topological polar surface area (TPSA) is 64.0 Å². The Bertz CT molecular complexity index is 820. The highest BCUT2D eigenvalue weighted by Gasteiger charge is 2.23. The molecule has 0 fully saturated rings. The number of rotatable bonds is 4. The highest BCUT2D eigenvalue weighted by atomic mass is 79.9. The zero-order valence-electron chi connectivity index (χ0n) is 14.0. The summed E-state index contributed by atoms with van der Waals surface area (Å²) in [7, 11) is -1.93. The van der Waals surface area contributed by atoms with E-state index in [4.69, 9.17) is 0 Å². The average molecular weight is 400 g/mol. The molecule has 1 aromatic heterocycles. The molecule has 0 aliphatic heterocycles. The Morgan fingerprint density at radius 2 is 1.91 bits per heavy atom. The van der Waals surface area contributed by atoms with Gasteiger partial charge in [-0.25, -0.2) is 8.42 Å². The van der Waals surface area contributed by atoms with E-state index < -0.39 is 10.0 Å². The largest absolute Gasteiger partial charge is 0.264 e. The Morgan fingerprint density at radius 1 is 1.26 bits per heavy atom. The zero-order chi connectivity index (χ0) is 17.4. The Balaban J connectivity index is 2.42. The predicted molar refractivity (Wildman–Crippen MR) is 96.2 cm³/mol. The van der Waals surface area contributed by atoms with Gasteiger partial charge in [-0.3, -0.25) is 9.40 Å². The van der Waals surface area contributed by atoms with Gasteiger partial charge in [-0.2, -0.15) is 5.10 Å². The molecule has 2 aromatic rings. The normalized spacial score (nSPS) is 12.4. The number of nitrogens with one attached hydrogen (secondary N) is 1. The first-order valence-corrected chi connectivity index (χ1v) is 9.68. The van der Waals surface area contributed by atoms with E-state index in [1.165, 1.54) is 0 Å². The number of hydrogen-bond acceptors (Lipinski definition) is 3. The number of sulfonamides is 1. The number of nitrogens with zero attached hydrogens (tertiary/aromatic N) is 2. The molecule has 0 unspecified atom stereocenters. The Hall–Kier alpha value is -1.34. The zero-order valence-corrected chi connectivity index (χ0v) is 16.4. The predicted octanol–water partition coefficient (Wildman–Crippen LogP) is 3.84. The van der Waals surface area contributed by atoms with Crippen molar-refractivity contribution in [1.82, 2.24) is 9.78 Å². The summed E-state index contributed by atoms with van der Waals surface area (Å²) in [6.45, 7) is 8.05. The van der Waals surface area contributed by atoms with E-state index in [0.29, 0.717) is 17.1 Å². The fourth-order valence-electron chi connectivity index (χ4n) is 2.21. The van der Waals surface area contributed by atoms with Gasteiger partial charge < -0.3 is 0 Å². The van der Waals surface area contributed by atoms with Crippen LogP contribution in [-0.2, 0) is 28.9 Å². The second-order valence-electron chi connectivity index (χ2n) is 6.50. The molecule has 0 spiro atoms. The van der Waals surface area contributed by atoms with E-state index >= 15 is 0 Å². The second-order valence-corrected chi connectivity index (χ2v) is 9.07. The molecule has 0 atom stereocenters. The molecule has 0 aliphatic rings. The average Bonchev–Trinajstić information content (AvgIpc) is 2.79. The molecule has 5 nitrogen and oxygen atoms in total. The summed E-state index contributed by atoms with van der Waals surface area (Å²) < 4.78 is 30.5. The third-order valence-electron chi connectivity index (χ3n) is 3.58. The van der Waals surface area contributed by atoms with Crippen LogP contribution in [-0.4, -0.2) is 18.2 Å². The van der Waals surface area contributed by atoms with Crippen molar-refractivity contribution in [2.45, 2.75) is 44.4 Å². The molecule has 0 saturated heterocycles. The van der Waals surface area contributed by atoms with Crippen LogP contribution < -0.4 is 4.72 Å². The van der Waals surface area contributed by atoms with Crippen molar-refractivity contribution in [2.75, 3.05) is 4.72 Å². The van der Waals surface area contributed by atoms with E-state index in [9.17, 15) is 8.42 Å². The van der Waals surface area contributed by atoms with Crippen LogP contribution in [0.5, 0.6) is 0 Å². The summed E-state index contributed by atoms with van der Waals surface area (Å²) in [4.78, 5) is 0.293. The van der Waals surface area contributed by atoms with Crippen LogP contribution in [0, 0.1) is 0 Å². The number of benzene rings is 1. The summed E-state index contributed by atoms with van der Waals surface area (Å²) in [6.07, 6.45) is 0.633. The lowest BCUT2D eigenvalue weighted by Gasteiger charge is -2.13. The molecular weight excluding hydrogens is 378 g/mol. The van der Waals surface area contributed by atoms with E-state index in [1.54, 1.807) is 29.9 Å². The van der Waals surface area contributed by atoms with Crippen LogP contribution in [0.3, 0.4) is 0 Å². The molecule has 0 aliphatic carbocycles. The first kappa shape index (κ1) is 18.0. The molecule has 7 heteroatoms. The lowest BCUT2D eigenvalue weighted by Crippen LogP contribution is -2.17. The lowest BCUT2D eigenvalue weighted by molar-refractivity contribution is 0.553. The smallest absolute Gasteiger partial charge is 0.263 e. The Morgan fingerprint density at radius 3 is 2.43 bits per heavy atom. The maximum Gasteiger partial charge on any atom is 0.263 e. The molecule has 0 radical (unpaired) electrons. The van der Waals surface area contributed by atoms with Gasteiger partial charge in [0.2, 0.25) is 0 Å². The van der Waals surface area contributed by atoms with Crippen molar-refractivity contribution >= 4 is 31.8 Å². The number of aryl methyl sites for hydroxylation is 2. The van der Waals surface area contributed by atoms with Gasteiger partial charge in [0.05, 0.1) is 10.6 Å². The van der Waals surface area contributed by atoms with Gasteiger partial charge in [0.15, 0.2) is 0 Å². The van der Waals surface area contributed by atoms with E-state index in [2.05, 4.69) is 25.8 Å². The highest BCUT2D eigenvalue weighted by molar-refractivity contribution is 9.10. The first-order valence-electron chi connectivity index (χ1n) is 7.40.